The Bertz CT molecular complexity index is 1300. The lowest BCUT2D eigenvalue weighted by molar-refractivity contribution is -0.150. The average Bonchev–Trinajstić information content (AvgIpc) is 3.48. The van der Waals surface area contributed by atoms with E-state index < -0.39 is 11.5 Å². The van der Waals surface area contributed by atoms with E-state index in [-0.39, 0.29) is 31.3 Å². The maximum absolute atomic E-state index is 13.6. The molecule has 0 saturated carbocycles. The SMILES string of the molecule is CCC(=O)C1(c2sc3c(c2C#N)CCN(C(=O)COC(C)=O)C3)N=CC=C1c1ccccc1OC. The van der Waals surface area contributed by atoms with Crippen LogP contribution in [0.2, 0.25) is 0 Å². The van der Waals surface area contributed by atoms with Gasteiger partial charge in [0.15, 0.2) is 17.9 Å². The number of amides is 1. The molecule has 0 N–H and O–H groups in total. The molecule has 2 aliphatic heterocycles. The van der Waals surface area contributed by atoms with Crippen molar-refractivity contribution in [1.82, 2.24) is 4.90 Å². The summed E-state index contributed by atoms with van der Waals surface area (Å²) >= 11 is 1.34. The summed E-state index contributed by atoms with van der Waals surface area (Å²) in [4.78, 5) is 45.0. The number of carbonyl (C=O) groups is 3. The molecule has 1 aromatic carbocycles. The number of ether oxygens (including phenoxy) is 2. The summed E-state index contributed by atoms with van der Waals surface area (Å²) in [5, 5.41) is 10.2. The summed E-state index contributed by atoms with van der Waals surface area (Å²) in [6, 6.07) is 9.76. The zero-order valence-electron chi connectivity index (χ0n) is 19.8. The Morgan fingerprint density at radius 3 is 2.74 bits per heavy atom. The Morgan fingerprint density at radius 1 is 1.29 bits per heavy atom. The number of carbonyl (C=O) groups excluding carboxylic acids is 3. The van der Waals surface area contributed by atoms with Crippen molar-refractivity contribution >= 4 is 40.8 Å². The minimum atomic E-state index is -1.36. The molecule has 0 bridgehead atoms. The number of rotatable bonds is 7. The van der Waals surface area contributed by atoms with Crippen LogP contribution in [0.15, 0.2) is 35.3 Å². The molecule has 1 atom stereocenters. The number of hydrogen-bond donors (Lipinski definition) is 0. The van der Waals surface area contributed by atoms with Crippen LogP contribution < -0.4 is 4.74 Å². The second kappa shape index (κ2) is 9.84. The van der Waals surface area contributed by atoms with Crippen molar-refractivity contribution in [2.45, 2.75) is 38.8 Å². The van der Waals surface area contributed by atoms with Gasteiger partial charge >= 0.3 is 5.97 Å². The van der Waals surface area contributed by atoms with Gasteiger partial charge in [0.1, 0.15) is 11.8 Å². The second-order valence-corrected chi connectivity index (χ2v) is 9.32. The highest BCUT2D eigenvalue weighted by Gasteiger charge is 2.49. The van der Waals surface area contributed by atoms with Gasteiger partial charge in [-0.3, -0.25) is 19.4 Å². The van der Waals surface area contributed by atoms with E-state index in [0.29, 0.717) is 34.7 Å². The van der Waals surface area contributed by atoms with Gasteiger partial charge in [0, 0.05) is 42.1 Å². The fourth-order valence-electron chi connectivity index (χ4n) is 4.60. The van der Waals surface area contributed by atoms with Crippen molar-refractivity contribution in [2.24, 2.45) is 4.99 Å². The third-order valence-corrected chi connectivity index (χ3v) is 7.60. The molecule has 35 heavy (non-hydrogen) atoms. The van der Waals surface area contributed by atoms with Crippen molar-refractivity contribution in [3.63, 3.8) is 0 Å². The largest absolute Gasteiger partial charge is 0.496 e. The van der Waals surface area contributed by atoms with Gasteiger partial charge < -0.3 is 14.4 Å². The molecule has 1 aromatic heterocycles. The molecular formula is C26H25N3O5S. The zero-order chi connectivity index (χ0) is 25.2. The van der Waals surface area contributed by atoms with Gasteiger partial charge in [0.2, 0.25) is 0 Å². The second-order valence-electron chi connectivity index (χ2n) is 8.21. The molecule has 0 saturated heterocycles. The number of Topliss-reactive ketones (excluding diaryl/α,β-unsaturated/α-hetero) is 1. The zero-order valence-corrected chi connectivity index (χ0v) is 20.6. The Labute approximate surface area is 207 Å². The van der Waals surface area contributed by atoms with Gasteiger partial charge in [0.25, 0.3) is 5.91 Å². The van der Waals surface area contributed by atoms with Crippen LogP contribution in [0, 0.1) is 11.3 Å². The Balaban J connectivity index is 1.81. The first-order valence-corrected chi connectivity index (χ1v) is 12.1. The molecular weight excluding hydrogens is 466 g/mol. The van der Waals surface area contributed by atoms with Crippen molar-refractivity contribution in [2.75, 3.05) is 20.3 Å². The molecule has 1 amide bonds. The topological polar surface area (TPSA) is 109 Å². The number of methoxy groups -OCH3 is 1. The predicted octanol–water partition coefficient (Wildman–Crippen LogP) is 3.42. The number of benzene rings is 1. The van der Waals surface area contributed by atoms with Gasteiger partial charge in [-0.1, -0.05) is 25.1 Å². The Kier molecular flexibility index (Phi) is 6.85. The first kappa shape index (κ1) is 24.4. The summed E-state index contributed by atoms with van der Waals surface area (Å²) < 4.78 is 10.4. The predicted molar refractivity (Wildman–Crippen MR) is 131 cm³/mol. The maximum atomic E-state index is 13.6. The molecule has 0 aliphatic carbocycles. The molecule has 4 rings (SSSR count). The first-order valence-electron chi connectivity index (χ1n) is 11.3. The van der Waals surface area contributed by atoms with Crippen LogP contribution in [0.3, 0.4) is 0 Å². The lowest BCUT2D eigenvalue weighted by Gasteiger charge is -2.28. The van der Waals surface area contributed by atoms with Gasteiger partial charge in [-0.2, -0.15) is 5.26 Å². The highest BCUT2D eigenvalue weighted by Crippen LogP contribution is 2.51. The number of nitriles is 1. The Hall–Kier alpha value is -3.77. The minimum absolute atomic E-state index is 0.124. The number of para-hydroxylation sites is 1. The number of nitrogens with zero attached hydrogens (tertiary/aromatic N) is 3. The molecule has 180 valence electrons. The lowest BCUT2D eigenvalue weighted by Crippen LogP contribution is -2.38. The summed E-state index contributed by atoms with van der Waals surface area (Å²) in [6.07, 6.45) is 4.11. The van der Waals surface area contributed by atoms with Gasteiger partial charge in [0.05, 0.1) is 24.1 Å². The third kappa shape index (κ3) is 4.15. The molecule has 9 heteroatoms. The number of aliphatic imine (C=N–C) groups is 1. The van der Waals surface area contributed by atoms with E-state index in [1.165, 1.54) is 18.3 Å². The smallest absolute Gasteiger partial charge is 0.303 e. The quantitative estimate of drug-likeness (QED) is 0.549. The van der Waals surface area contributed by atoms with Crippen LogP contribution >= 0.6 is 11.3 Å². The van der Waals surface area contributed by atoms with Gasteiger partial charge in [-0.25, -0.2) is 0 Å². The number of ketones is 1. The van der Waals surface area contributed by atoms with Crippen LogP contribution in [0.1, 0.15) is 46.7 Å². The third-order valence-electron chi connectivity index (χ3n) is 6.27. The standard InChI is InChI=1S/C26H25N3O5S/c1-4-23(31)26(20(9-11-28-26)18-7-5-6-8-21(18)33-3)25-19(13-27)17-10-12-29(14-22(17)35-25)24(32)15-34-16(2)30/h5-9,11H,4,10,12,14-15H2,1-3H3. The lowest BCUT2D eigenvalue weighted by atomic mass is 9.78. The maximum Gasteiger partial charge on any atom is 0.303 e. The van der Waals surface area contributed by atoms with E-state index in [4.69, 9.17) is 14.5 Å². The molecule has 3 heterocycles. The highest BCUT2D eigenvalue weighted by molar-refractivity contribution is 7.12. The molecule has 0 spiro atoms. The Morgan fingerprint density at radius 2 is 2.06 bits per heavy atom. The monoisotopic (exact) mass is 491 g/mol. The fraction of sp³-hybridized carbons (Fsp3) is 0.346. The molecule has 8 nitrogen and oxygen atoms in total. The van der Waals surface area contributed by atoms with Crippen molar-refractivity contribution in [3.8, 4) is 11.8 Å². The van der Waals surface area contributed by atoms with E-state index in [1.54, 1.807) is 31.2 Å². The fourth-order valence-corrected chi connectivity index (χ4v) is 6.08. The van der Waals surface area contributed by atoms with Crippen molar-refractivity contribution < 1.29 is 23.9 Å². The van der Waals surface area contributed by atoms with Gasteiger partial charge in [-0.15, -0.1) is 11.3 Å². The molecule has 2 aliphatic rings. The number of thiophene rings is 1. The summed E-state index contributed by atoms with van der Waals surface area (Å²) in [7, 11) is 1.57. The van der Waals surface area contributed by atoms with Crippen LogP contribution in [-0.4, -0.2) is 49.0 Å². The number of esters is 1. The number of allylic oxidation sites excluding steroid dienone is 1. The minimum Gasteiger partial charge on any atom is -0.496 e. The highest BCUT2D eigenvalue weighted by atomic mass is 32.1. The summed E-state index contributed by atoms with van der Waals surface area (Å²) in [5.74, 6) is -0.330. The van der Waals surface area contributed by atoms with Gasteiger partial charge in [-0.05, 0) is 24.1 Å². The molecule has 0 radical (unpaired) electrons. The van der Waals surface area contributed by atoms with Crippen LogP contribution in [0.4, 0.5) is 0 Å². The summed E-state index contributed by atoms with van der Waals surface area (Å²) in [6.45, 7) is 3.39. The van der Waals surface area contributed by atoms with Crippen LogP contribution in [0.5, 0.6) is 5.75 Å². The van der Waals surface area contributed by atoms with Crippen molar-refractivity contribution in [1.29, 1.82) is 5.26 Å². The number of fused-ring (bicyclic) bond motifs is 1. The van der Waals surface area contributed by atoms with E-state index in [2.05, 4.69) is 6.07 Å². The van der Waals surface area contributed by atoms with Crippen molar-refractivity contribution in [3.05, 3.63) is 56.8 Å². The van der Waals surface area contributed by atoms with Crippen LogP contribution in [-0.2, 0) is 37.6 Å². The number of hydrogen-bond acceptors (Lipinski definition) is 8. The first-order chi connectivity index (χ1) is 16.9. The van der Waals surface area contributed by atoms with E-state index >= 15 is 0 Å². The van der Waals surface area contributed by atoms with Crippen LogP contribution in [0.25, 0.3) is 5.57 Å². The van der Waals surface area contributed by atoms with E-state index in [9.17, 15) is 19.6 Å². The summed E-state index contributed by atoms with van der Waals surface area (Å²) in [5.41, 5.74) is 1.33. The normalized spacial score (nSPS) is 18.5. The molecule has 1 unspecified atom stereocenters. The molecule has 2 aromatic rings. The van der Waals surface area contributed by atoms with E-state index in [0.717, 1.165) is 16.0 Å². The average molecular weight is 492 g/mol. The van der Waals surface area contributed by atoms with E-state index in [1.807, 2.05) is 24.3 Å². The molecule has 0 fully saturated rings.